The normalized spacial score (nSPS) is 19.0. The first-order valence-electron chi connectivity index (χ1n) is 12.9. The van der Waals surface area contributed by atoms with Gasteiger partial charge < -0.3 is 9.47 Å². The lowest BCUT2D eigenvalue weighted by Crippen LogP contribution is -2.40. The van der Waals surface area contributed by atoms with Gasteiger partial charge in [0, 0.05) is 0 Å². The predicted molar refractivity (Wildman–Crippen MR) is 147 cm³/mol. The fourth-order valence-electron chi connectivity index (χ4n) is 5.43. The Hall–Kier alpha value is -3.38. The number of sulfone groups is 1. The van der Waals surface area contributed by atoms with Crippen molar-refractivity contribution in [2.24, 2.45) is 0 Å². The van der Waals surface area contributed by atoms with E-state index in [1.807, 2.05) is 73.7 Å². The molecule has 1 aliphatic rings. The van der Waals surface area contributed by atoms with Crippen LogP contribution in [0.4, 0.5) is 0 Å². The van der Waals surface area contributed by atoms with Crippen molar-refractivity contribution in [2.75, 3.05) is 7.11 Å². The van der Waals surface area contributed by atoms with E-state index in [1.54, 1.807) is 19.2 Å². The van der Waals surface area contributed by atoms with E-state index in [0.29, 0.717) is 19.3 Å². The molecule has 0 bridgehead atoms. The fraction of sp³-hybridized carbons (Fsp3) is 0.323. The Morgan fingerprint density at radius 2 is 1.54 bits per heavy atom. The number of carbonyl (C=O) groups excluding carboxylic acids is 1. The molecular weight excluding hydrogens is 484 g/mol. The third-order valence-electron chi connectivity index (χ3n) is 7.52. The molecule has 1 saturated carbocycles. The number of rotatable bonds is 7. The van der Waals surface area contributed by atoms with Crippen LogP contribution in [0.5, 0.6) is 5.75 Å². The first-order valence-corrected chi connectivity index (χ1v) is 14.5. The van der Waals surface area contributed by atoms with Crippen molar-refractivity contribution in [2.45, 2.75) is 61.2 Å². The monoisotopic (exact) mass is 516 g/mol. The Balaban J connectivity index is 1.39. The summed E-state index contributed by atoms with van der Waals surface area (Å²) >= 11 is 0. The van der Waals surface area contributed by atoms with E-state index < -0.39 is 27.1 Å². The van der Waals surface area contributed by atoms with Crippen LogP contribution in [-0.2, 0) is 19.4 Å². The molecule has 5 nitrogen and oxygen atoms in total. The van der Waals surface area contributed by atoms with Gasteiger partial charge in [-0.25, -0.2) is 8.42 Å². The Bertz CT molecular complexity index is 1540. The van der Waals surface area contributed by atoms with Gasteiger partial charge in [0.25, 0.3) is 0 Å². The molecule has 0 N–H and O–H groups in total. The van der Waals surface area contributed by atoms with E-state index in [0.717, 1.165) is 45.7 Å². The zero-order valence-corrected chi connectivity index (χ0v) is 22.0. The van der Waals surface area contributed by atoms with Crippen molar-refractivity contribution in [1.29, 1.82) is 0 Å². The predicted octanol–water partition coefficient (Wildman–Crippen LogP) is 6.82. The van der Waals surface area contributed by atoms with Gasteiger partial charge in [0.1, 0.15) is 17.1 Å². The SMILES string of the molecule is CC[C@@H](C(=O)O[C@H]1CCCC[C@@H]1S(=O)(=O)c1ccc2ccccc2c1)c1ccc2cc(OC)ccc2c1. The minimum Gasteiger partial charge on any atom is -0.497 e. The molecule has 4 aromatic carbocycles. The minimum absolute atomic E-state index is 0.288. The summed E-state index contributed by atoms with van der Waals surface area (Å²) in [6, 6.07) is 24.7. The van der Waals surface area contributed by atoms with Gasteiger partial charge in [0.2, 0.25) is 0 Å². The van der Waals surface area contributed by atoms with Crippen molar-refractivity contribution in [3.63, 3.8) is 0 Å². The van der Waals surface area contributed by atoms with Crippen molar-refractivity contribution in [3.8, 4) is 5.75 Å². The van der Waals surface area contributed by atoms with Gasteiger partial charge in [0.15, 0.2) is 9.84 Å². The molecule has 0 aromatic heterocycles. The molecule has 192 valence electrons. The van der Waals surface area contributed by atoms with Crippen LogP contribution >= 0.6 is 0 Å². The van der Waals surface area contributed by atoms with Crippen molar-refractivity contribution < 1.29 is 22.7 Å². The quantitative estimate of drug-likeness (QED) is 0.252. The smallest absolute Gasteiger partial charge is 0.313 e. The molecule has 3 atom stereocenters. The number of carbonyl (C=O) groups is 1. The second-order valence-electron chi connectivity index (χ2n) is 9.79. The van der Waals surface area contributed by atoms with E-state index in [4.69, 9.17) is 9.47 Å². The van der Waals surface area contributed by atoms with E-state index in [1.165, 1.54) is 0 Å². The summed E-state index contributed by atoms with van der Waals surface area (Å²) in [4.78, 5) is 13.7. The number of benzene rings is 4. The zero-order valence-electron chi connectivity index (χ0n) is 21.2. The Kier molecular flexibility index (Phi) is 7.20. The largest absolute Gasteiger partial charge is 0.497 e. The first kappa shape index (κ1) is 25.3. The second-order valence-corrected chi connectivity index (χ2v) is 12.0. The molecule has 0 amide bonds. The van der Waals surface area contributed by atoms with Crippen LogP contribution in [0.2, 0.25) is 0 Å². The van der Waals surface area contributed by atoms with Gasteiger partial charge in [0.05, 0.1) is 17.9 Å². The number of esters is 1. The number of ether oxygens (including phenoxy) is 2. The van der Waals surface area contributed by atoms with Gasteiger partial charge >= 0.3 is 5.97 Å². The zero-order chi connectivity index (χ0) is 26.0. The lowest BCUT2D eigenvalue weighted by atomic mass is 9.93. The maximum Gasteiger partial charge on any atom is 0.313 e. The summed E-state index contributed by atoms with van der Waals surface area (Å²) in [5, 5.41) is 3.17. The van der Waals surface area contributed by atoms with Crippen LogP contribution < -0.4 is 4.74 Å². The lowest BCUT2D eigenvalue weighted by Gasteiger charge is -2.32. The van der Waals surface area contributed by atoms with E-state index in [2.05, 4.69) is 0 Å². The maximum absolute atomic E-state index is 13.7. The fourth-order valence-corrected chi connectivity index (χ4v) is 7.39. The van der Waals surface area contributed by atoms with Crippen molar-refractivity contribution >= 4 is 37.4 Å². The topological polar surface area (TPSA) is 69.7 Å². The number of hydrogen-bond donors (Lipinski definition) is 0. The standard InChI is InChI=1S/C31H32O5S/c1-3-28(25-13-12-24-19-26(35-2)16-14-23(24)18-25)31(32)36-29-10-6-7-11-30(29)37(33,34)27-17-15-21-8-4-5-9-22(21)20-27/h4-5,8-9,12-20,28-30H,3,6-7,10-11H2,1-2H3/t28-,29+,30+/m1/s1. The van der Waals surface area contributed by atoms with Crippen LogP contribution in [-0.4, -0.2) is 32.9 Å². The molecule has 0 unspecified atom stereocenters. The summed E-state index contributed by atoms with van der Waals surface area (Å²) < 4.78 is 38.8. The molecular formula is C31H32O5S. The minimum atomic E-state index is -3.67. The van der Waals surface area contributed by atoms with Crippen molar-refractivity contribution in [1.82, 2.24) is 0 Å². The average Bonchev–Trinajstić information content (AvgIpc) is 2.93. The van der Waals surface area contributed by atoms with Crippen LogP contribution in [0.25, 0.3) is 21.5 Å². The van der Waals surface area contributed by atoms with Crippen LogP contribution in [0.15, 0.2) is 83.8 Å². The Labute approximate surface area is 218 Å². The second kappa shape index (κ2) is 10.5. The highest BCUT2D eigenvalue weighted by Gasteiger charge is 2.40. The molecule has 1 fully saturated rings. The highest BCUT2D eigenvalue weighted by Crippen LogP contribution is 2.34. The van der Waals surface area contributed by atoms with Gasteiger partial charge in [-0.3, -0.25) is 4.79 Å². The lowest BCUT2D eigenvalue weighted by molar-refractivity contribution is -0.152. The molecule has 5 rings (SSSR count). The summed E-state index contributed by atoms with van der Waals surface area (Å²) in [6.45, 7) is 1.95. The van der Waals surface area contributed by atoms with E-state index >= 15 is 0 Å². The molecule has 0 radical (unpaired) electrons. The first-order chi connectivity index (χ1) is 17.9. The highest BCUT2D eigenvalue weighted by atomic mass is 32.2. The number of methoxy groups -OCH3 is 1. The molecule has 4 aromatic rings. The summed E-state index contributed by atoms with van der Waals surface area (Å²) in [7, 11) is -2.03. The Morgan fingerprint density at radius 1 is 0.865 bits per heavy atom. The van der Waals surface area contributed by atoms with E-state index in [9.17, 15) is 13.2 Å². The van der Waals surface area contributed by atoms with Gasteiger partial charge in [-0.15, -0.1) is 0 Å². The Morgan fingerprint density at radius 3 is 2.32 bits per heavy atom. The number of hydrogen-bond acceptors (Lipinski definition) is 5. The van der Waals surface area contributed by atoms with Crippen molar-refractivity contribution in [3.05, 3.63) is 84.4 Å². The number of fused-ring (bicyclic) bond motifs is 2. The van der Waals surface area contributed by atoms with Crippen LogP contribution in [0, 0.1) is 0 Å². The highest BCUT2D eigenvalue weighted by molar-refractivity contribution is 7.92. The summed E-state index contributed by atoms with van der Waals surface area (Å²) in [5.74, 6) is -0.0407. The van der Waals surface area contributed by atoms with Crippen LogP contribution in [0.3, 0.4) is 0 Å². The molecule has 6 heteroatoms. The molecule has 0 spiro atoms. The van der Waals surface area contributed by atoms with Gasteiger partial charge in [-0.1, -0.05) is 67.9 Å². The van der Waals surface area contributed by atoms with E-state index in [-0.39, 0.29) is 10.9 Å². The molecule has 0 aliphatic heterocycles. The summed E-state index contributed by atoms with van der Waals surface area (Å²) in [6.07, 6.45) is 2.60. The average molecular weight is 517 g/mol. The summed E-state index contributed by atoms with van der Waals surface area (Å²) in [5.41, 5.74) is 0.870. The third-order valence-corrected chi connectivity index (χ3v) is 9.77. The molecule has 1 aliphatic carbocycles. The van der Waals surface area contributed by atoms with Gasteiger partial charge in [-0.05, 0) is 77.1 Å². The van der Waals surface area contributed by atoms with Gasteiger partial charge in [-0.2, -0.15) is 0 Å². The molecule has 0 saturated heterocycles. The molecule has 37 heavy (non-hydrogen) atoms. The third kappa shape index (κ3) is 5.08. The maximum atomic E-state index is 13.7. The van der Waals surface area contributed by atoms with Crippen LogP contribution in [0.1, 0.15) is 50.5 Å². The molecule has 0 heterocycles.